The minimum absolute atomic E-state index is 0.0174. The number of Topliss-reactive ketones (excluding diaryl/α,β-unsaturated/α-hetero) is 1. The Morgan fingerprint density at radius 2 is 1.55 bits per heavy atom. The molecule has 2 amide bonds. The number of ketones is 1. The fourth-order valence-corrected chi connectivity index (χ4v) is 5.20. The summed E-state index contributed by atoms with van der Waals surface area (Å²) in [5.74, 6) is -0.0204. The number of nitrogens with zero attached hydrogens (tertiary/aromatic N) is 1. The molecular formula is C28H33N3O7. The Morgan fingerprint density at radius 3 is 2.11 bits per heavy atom. The zero-order valence-corrected chi connectivity index (χ0v) is 21.9. The molecule has 0 aliphatic heterocycles. The number of benzene rings is 2. The predicted molar refractivity (Wildman–Crippen MR) is 141 cm³/mol. The first-order valence-corrected chi connectivity index (χ1v) is 12.7. The first-order chi connectivity index (χ1) is 18.3. The minimum atomic E-state index is -0.948. The minimum Gasteiger partial charge on any atom is -0.369 e. The number of hydrogen-bond acceptors (Lipinski definition) is 7. The monoisotopic (exact) mass is 523 g/mol. The van der Waals surface area contributed by atoms with Crippen LogP contribution in [0.1, 0.15) is 67.8 Å². The van der Waals surface area contributed by atoms with E-state index in [1.807, 2.05) is 0 Å². The third-order valence-corrected chi connectivity index (χ3v) is 7.16. The van der Waals surface area contributed by atoms with Crippen molar-refractivity contribution in [1.29, 1.82) is 0 Å². The van der Waals surface area contributed by atoms with Gasteiger partial charge in [0.05, 0.1) is 25.2 Å². The van der Waals surface area contributed by atoms with E-state index in [4.69, 9.17) is 25.3 Å². The van der Waals surface area contributed by atoms with Crippen LogP contribution in [0.15, 0.2) is 42.6 Å². The summed E-state index contributed by atoms with van der Waals surface area (Å²) in [4.78, 5) is 58.8. The van der Waals surface area contributed by atoms with Crippen molar-refractivity contribution in [2.75, 3.05) is 19.5 Å². The van der Waals surface area contributed by atoms with Crippen LogP contribution in [0.25, 0.3) is 10.9 Å². The van der Waals surface area contributed by atoms with Gasteiger partial charge in [-0.2, -0.15) is 9.78 Å². The Balaban J connectivity index is 1.85. The molecule has 10 heteroatoms. The van der Waals surface area contributed by atoms with Crippen LogP contribution in [0.4, 0.5) is 10.5 Å². The summed E-state index contributed by atoms with van der Waals surface area (Å²) >= 11 is 0. The molecule has 10 nitrogen and oxygen atoms in total. The molecule has 0 atom stereocenters. The van der Waals surface area contributed by atoms with Gasteiger partial charge in [0.15, 0.2) is 5.78 Å². The van der Waals surface area contributed by atoms with Gasteiger partial charge >= 0.3 is 6.03 Å². The fraction of sp³-hybridized carbons (Fsp3) is 0.393. The highest BCUT2D eigenvalue weighted by Crippen LogP contribution is 2.45. The molecule has 3 N–H and O–H groups in total. The van der Waals surface area contributed by atoms with Crippen molar-refractivity contribution < 1.29 is 33.9 Å². The lowest BCUT2D eigenvalue weighted by Gasteiger charge is -2.29. The summed E-state index contributed by atoms with van der Waals surface area (Å²) in [6, 6.07) is 9.48. The third kappa shape index (κ3) is 5.23. The van der Waals surface area contributed by atoms with Gasteiger partial charge in [-0.1, -0.05) is 32.6 Å². The number of hydrogen-bond donors (Lipinski definition) is 2. The molecule has 38 heavy (non-hydrogen) atoms. The van der Waals surface area contributed by atoms with E-state index in [9.17, 15) is 14.4 Å². The van der Waals surface area contributed by atoms with E-state index in [1.54, 1.807) is 49.5 Å². The van der Waals surface area contributed by atoms with E-state index in [2.05, 4.69) is 5.32 Å². The summed E-state index contributed by atoms with van der Waals surface area (Å²) in [6.45, 7) is 1.80. The third-order valence-electron chi connectivity index (χ3n) is 7.16. The highest BCUT2D eigenvalue weighted by Gasteiger charge is 2.41. The lowest BCUT2D eigenvalue weighted by molar-refractivity contribution is -0.201. The van der Waals surface area contributed by atoms with Crippen LogP contribution in [0.2, 0.25) is 0 Å². The van der Waals surface area contributed by atoms with Crippen molar-refractivity contribution in [2.45, 2.75) is 57.3 Å². The summed E-state index contributed by atoms with van der Waals surface area (Å²) < 4.78 is 1.42. The number of anilines is 1. The number of primary amides is 1. The molecule has 0 radical (unpaired) electrons. The van der Waals surface area contributed by atoms with Gasteiger partial charge in [-0.15, -0.1) is 0 Å². The first kappa shape index (κ1) is 27.2. The zero-order chi connectivity index (χ0) is 27.3. The molecule has 4 rings (SSSR count). The summed E-state index contributed by atoms with van der Waals surface area (Å²) in [7, 11) is 2.70. The van der Waals surface area contributed by atoms with Crippen molar-refractivity contribution in [1.82, 2.24) is 4.57 Å². The second kappa shape index (κ2) is 11.7. The van der Waals surface area contributed by atoms with E-state index >= 15 is 0 Å². The largest absolute Gasteiger partial charge is 0.369 e. The maximum atomic E-state index is 13.6. The van der Waals surface area contributed by atoms with E-state index in [0.717, 1.165) is 25.7 Å². The number of fused-ring (bicyclic) bond motifs is 1. The van der Waals surface area contributed by atoms with Gasteiger partial charge in [-0.3, -0.25) is 14.2 Å². The Kier molecular flexibility index (Phi) is 8.33. The first-order valence-electron chi connectivity index (χ1n) is 12.7. The van der Waals surface area contributed by atoms with Crippen LogP contribution in [0.5, 0.6) is 11.5 Å². The predicted octanol–water partition coefficient (Wildman–Crippen LogP) is 5.27. The van der Waals surface area contributed by atoms with Gasteiger partial charge in [0, 0.05) is 35.3 Å². The number of rotatable bonds is 9. The average molecular weight is 524 g/mol. The van der Waals surface area contributed by atoms with Crippen LogP contribution >= 0.6 is 0 Å². The SMILES string of the molecule is CCC(=O)c1ccc(NC(=O)n2cc(C3(C(N)=O)CCCCCC3)c3cc(OOC)c(OOC)cc32)cc1. The Bertz CT molecular complexity index is 1320. The van der Waals surface area contributed by atoms with Crippen molar-refractivity contribution in [3.63, 3.8) is 0 Å². The second-order valence-corrected chi connectivity index (χ2v) is 9.37. The van der Waals surface area contributed by atoms with Crippen molar-refractivity contribution in [2.24, 2.45) is 5.73 Å². The molecule has 1 saturated carbocycles. The van der Waals surface area contributed by atoms with Gasteiger partial charge in [0.2, 0.25) is 17.4 Å². The van der Waals surface area contributed by atoms with Crippen LogP contribution in [0.3, 0.4) is 0 Å². The quantitative estimate of drug-likeness (QED) is 0.169. The molecule has 1 heterocycles. The summed E-state index contributed by atoms with van der Waals surface area (Å²) in [6.07, 6.45) is 6.92. The number of carbonyl (C=O) groups is 3. The molecule has 202 valence electrons. The molecule has 0 bridgehead atoms. The molecule has 0 unspecified atom stereocenters. The number of nitrogens with one attached hydrogen (secondary N) is 1. The van der Waals surface area contributed by atoms with E-state index in [1.165, 1.54) is 18.8 Å². The number of nitrogens with two attached hydrogens (primary N) is 1. The highest BCUT2D eigenvalue weighted by molar-refractivity contribution is 6.03. The second-order valence-electron chi connectivity index (χ2n) is 9.37. The van der Waals surface area contributed by atoms with Crippen LogP contribution in [-0.2, 0) is 20.0 Å². The zero-order valence-electron chi connectivity index (χ0n) is 21.9. The lowest BCUT2D eigenvalue weighted by atomic mass is 9.73. The standard InChI is InChI=1S/C28H33N3O7/c1-4-23(32)18-9-11-19(12-10-18)30-27(34)31-17-21(28(26(29)33)13-7-5-6-8-14-28)20-15-24(37-35-2)25(38-36-3)16-22(20)31/h9-12,15-17H,4-8,13-14H2,1-3H3,(H2,29,33)(H,30,34). The van der Waals surface area contributed by atoms with Crippen LogP contribution < -0.4 is 20.8 Å². The maximum absolute atomic E-state index is 13.6. The summed E-state index contributed by atoms with van der Waals surface area (Å²) in [5, 5.41) is 3.48. The van der Waals surface area contributed by atoms with Crippen molar-refractivity contribution in [3.05, 3.63) is 53.7 Å². The van der Waals surface area contributed by atoms with E-state index in [-0.39, 0.29) is 17.3 Å². The van der Waals surface area contributed by atoms with Crippen LogP contribution in [0, 0.1) is 0 Å². The molecule has 1 fully saturated rings. The number of aromatic nitrogens is 1. The molecular weight excluding hydrogens is 490 g/mol. The van der Waals surface area contributed by atoms with E-state index < -0.39 is 17.4 Å². The molecule has 1 aliphatic rings. The van der Waals surface area contributed by atoms with Crippen LogP contribution in [-0.4, -0.2) is 36.5 Å². The highest BCUT2D eigenvalue weighted by atomic mass is 17.2. The fourth-order valence-electron chi connectivity index (χ4n) is 5.20. The smallest absolute Gasteiger partial charge is 0.330 e. The number of carbonyl (C=O) groups excluding carboxylic acids is 3. The Labute approximate surface area is 220 Å². The average Bonchev–Trinajstić information content (AvgIpc) is 3.10. The van der Waals surface area contributed by atoms with E-state index in [0.29, 0.717) is 47.0 Å². The normalized spacial score (nSPS) is 15.0. The lowest BCUT2D eigenvalue weighted by Crippen LogP contribution is -2.40. The van der Waals surface area contributed by atoms with Crippen molar-refractivity contribution in [3.8, 4) is 11.5 Å². The molecule has 1 aliphatic carbocycles. The topological polar surface area (TPSA) is 131 Å². The molecule has 0 spiro atoms. The van der Waals surface area contributed by atoms with Gasteiger partial charge in [0.25, 0.3) is 0 Å². The molecule has 0 saturated heterocycles. The summed E-state index contributed by atoms with van der Waals surface area (Å²) in [5.41, 5.74) is 7.30. The Morgan fingerprint density at radius 1 is 0.947 bits per heavy atom. The Hall–Kier alpha value is -3.89. The molecule has 3 aromatic rings. The van der Waals surface area contributed by atoms with Gasteiger partial charge in [-0.25, -0.2) is 4.79 Å². The number of amides is 2. The van der Waals surface area contributed by atoms with Gasteiger partial charge in [-0.05, 0) is 48.7 Å². The van der Waals surface area contributed by atoms with Gasteiger partial charge < -0.3 is 20.8 Å². The van der Waals surface area contributed by atoms with Crippen molar-refractivity contribution >= 4 is 34.3 Å². The molecule has 1 aromatic heterocycles. The molecule has 2 aromatic carbocycles. The maximum Gasteiger partial charge on any atom is 0.330 e. The van der Waals surface area contributed by atoms with Gasteiger partial charge in [0.1, 0.15) is 0 Å².